The molecule has 2 rings (SSSR count). The van der Waals surface area contributed by atoms with E-state index < -0.39 is 0 Å². The zero-order valence-corrected chi connectivity index (χ0v) is 13.6. The maximum Gasteiger partial charge on any atom is 0.222 e. The molecule has 0 fully saturated rings. The fourth-order valence-electron chi connectivity index (χ4n) is 1.94. The van der Waals surface area contributed by atoms with Gasteiger partial charge in [-0.05, 0) is 43.5 Å². The Bertz CT molecular complexity index is 632. The van der Waals surface area contributed by atoms with Crippen molar-refractivity contribution in [3.63, 3.8) is 0 Å². The Morgan fingerprint density at radius 1 is 1.24 bits per heavy atom. The number of aromatic nitrogens is 1. The lowest BCUT2D eigenvalue weighted by molar-refractivity contribution is 0.458. The summed E-state index contributed by atoms with van der Waals surface area (Å²) in [5.41, 5.74) is 8.04. The van der Waals surface area contributed by atoms with Crippen molar-refractivity contribution in [1.29, 1.82) is 0 Å². The topological polar surface area (TPSA) is 48.1 Å². The van der Waals surface area contributed by atoms with Gasteiger partial charge < -0.3 is 10.5 Å². The molecule has 1 heterocycles. The van der Waals surface area contributed by atoms with E-state index in [1.807, 2.05) is 6.92 Å². The van der Waals surface area contributed by atoms with Crippen LogP contribution in [0.4, 0.5) is 0 Å². The highest BCUT2D eigenvalue weighted by Crippen LogP contribution is 2.30. The highest BCUT2D eigenvalue weighted by atomic mass is 35.5. The number of aryl methyl sites for hydroxylation is 1. The molecule has 0 saturated heterocycles. The molecule has 2 N–H and O–H groups in total. The average Bonchev–Trinajstić information content (AvgIpc) is 2.45. The van der Waals surface area contributed by atoms with Gasteiger partial charge in [-0.3, -0.25) is 0 Å². The van der Waals surface area contributed by atoms with Crippen LogP contribution in [0.5, 0.6) is 11.6 Å². The van der Waals surface area contributed by atoms with Gasteiger partial charge in [0.25, 0.3) is 0 Å². The third-order valence-corrected chi connectivity index (χ3v) is 3.95. The van der Waals surface area contributed by atoms with E-state index in [1.54, 1.807) is 24.4 Å². The van der Waals surface area contributed by atoms with Crippen molar-refractivity contribution >= 4 is 23.2 Å². The summed E-state index contributed by atoms with van der Waals surface area (Å²) in [4.78, 5) is 4.36. The molecule has 1 unspecified atom stereocenters. The van der Waals surface area contributed by atoms with E-state index in [0.29, 0.717) is 21.7 Å². The lowest BCUT2D eigenvalue weighted by Crippen LogP contribution is -2.21. The quantitative estimate of drug-likeness (QED) is 0.861. The third-order valence-electron chi connectivity index (χ3n) is 3.21. The maximum absolute atomic E-state index is 5.97. The van der Waals surface area contributed by atoms with Crippen LogP contribution >= 0.6 is 23.2 Å². The number of rotatable bonds is 5. The molecule has 0 saturated carbocycles. The largest absolute Gasteiger partial charge is 0.439 e. The number of ether oxygens (including phenoxy) is 1. The second-order valence-electron chi connectivity index (χ2n) is 5.02. The summed E-state index contributed by atoms with van der Waals surface area (Å²) < 4.78 is 5.75. The van der Waals surface area contributed by atoms with Crippen LogP contribution in [0.1, 0.15) is 24.5 Å². The summed E-state index contributed by atoms with van der Waals surface area (Å²) in [6, 6.07) is 7.34. The Hall–Kier alpha value is -1.29. The molecule has 0 aliphatic carbocycles. The minimum atomic E-state index is 0.160. The zero-order valence-electron chi connectivity index (χ0n) is 12.1. The Morgan fingerprint density at radius 2 is 2.00 bits per heavy atom. The number of halogens is 2. The van der Waals surface area contributed by atoms with E-state index in [1.165, 1.54) is 0 Å². The molecule has 0 aliphatic heterocycles. The minimum absolute atomic E-state index is 0.160. The number of benzene rings is 1. The Morgan fingerprint density at radius 3 is 2.62 bits per heavy atom. The van der Waals surface area contributed by atoms with Crippen LogP contribution in [0, 0.1) is 6.92 Å². The van der Waals surface area contributed by atoms with Gasteiger partial charge in [-0.1, -0.05) is 30.1 Å². The van der Waals surface area contributed by atoms with Crippen LogP contribution in [0.2, 0.25) is 10.0 Å². The van der Waals surface area contributed by atoms with Crippen molar-refractivity contribution in [2.75, 3.05) is 0 Å². The first-order valence-corrected chi connectivity index (χ1v) is 7.59. The standard InChI is InChI=1S/C16H18Cl2N2O/c1-3-12(19)7-11-6-10(2)16(20-9-11)21-13-4-5-14(17)15(18)8-13/h4-6,8-9,12H,3,7,19H2,1-2H3. The molecule has 112 valence electrons. The molecule has 0 aliphatic rings. The number of nitrogens with zero attached hydrogens (tertiary/aromatic N) is 1. The van der Waals surface area contributed by atoms with Gasteiger partial charge in [0.15, 0.2) is 0 Å². The van der Waals surface area contributed by atoms with Gasteiger partial charge in [0.1, 0.15) is 5.75 Å². The van der Waals surface area contributed by atoms with Crippen molar-refractivity contribution in [3.05, 3.63) is 51.6 Å². The Balaban J connectivity index is 2.15. The summed E-state index contributed by atoms with van der Waals surface area (Å²) in [6.07, 6.45) is 3.56. The number of hydrogen-bond donors (Lipinski definition) is 1. The summed E-state index contributed by atoms with van der Waals surface area (Å²) in [6.45, 7) is 4.04. The zero-order chi connectivity index (χ0) is 15.4. The van der Waals surface area contributed by atoms with Crippen molar-refractivity contribution in [1.82, 2.24) is 4.98 Å². The van der Waals surface area contributed by atoms with E-state index in [4.69, 9.17) is 33.7 Å². The summed E-state index contributed by atoms with van der Waals surface area (Å²) in [5, 5.41) is 0.954. The van der Waals surface area contributed by atoms with Crippen LogP contribution in [-0.2, 0) is 6.42 Å². The summed E-state index contributed by atoms with van der Waals surface area (Å²) in [7, 11) is 0. The van der Waals surface area contributed by atoms with Gasteiger partial charge in [-0.15, -0.1) is 0 Å². The van der Waals surface area contributed by atoms with Gasteiger partial charge in [-0.2, -0.15) is 0 Å². The number of nitrogens with two attached hydrogens (primary N) is 1. The van der Waals surface area contributed by atoms with E-state index in [-0.39, 0.29) is 6.04 Å². The van der Waals surface area contributed by atoms with E-state index in [2.05, 4.69) is 18.0 Å². The SMILES string of the molecule is CCC(N)Cc1cnc(Oc2ccc(Cl)c(Cl)c2)c(C)c1. The molecule has 0 spiro atoms. The lowest BCUT2D eigenvalue weighted by atomic mass is 10.1. The van der Waals surface area contributed by atoms with Gasteiger partial charge in [0, 0.05) is 23.9 Å². The van der Waals surface area contributed by atoms with Crippen molar-refractivity contribution < 1.29 is 4.74 Å². The molecule has 1 aromatic carbocycles. The highest BCUT2D eigenvalue weighted by molar-refractivity contribution is 6.42. The molecular formula is C16H18Cl2N2O. The Labute approximate surface area is 135 Å². The van der Waals surface area contributed by atoms with Crippen LogP contribution < -0.4 is 10.5 Å². The lowest BCUT2D eigenvalue weighted by Gasteiger charge is -2.12. The van der Waals surface area contributed by atoms with Gasteiger partial charge in [-0.25, -0.2) is 4.98 Å². The monoisotopic (exact) mass is 324 g/mol. The third kappa shape index (κ3) is 4.34. The van der Waals surface area contributed by atoms with Gasteiger partial charge >= 0.3 is 0 Å². The molecule has 2 aromatic rings. The smallest absolute Gasteiger partial charge is 0.222 e. The molecule has 0 amide bonds. The van der Waals surface area contributed by atoms with E-state index >= 15 is 0 Å². The second-order valence-corrected chi connectivity index (χ2v) is 5.83. The number of pyridine rings is 1. The normalized spacial score (nSPS) is 12.2. The first-order chi connectivity index (χ1) is 9.99. The van der Waals surface area contributed by atoms with Crippen LogP contribution in [0.15, 0.2) is 30.5 Å². The van der Waals surface area contributed by atoms with Crippen LogP contribution in [0.25, 0.3) is 0 Å². The molecule has 1 aromatic heterocycles. The molecule has 0 radical (unpaired) electrons. The molecule has 0 bridgehead atoms. The summed E-state index contributed by atoms with van der Waals surface area (Å²) in [5.74, 6) is 1.17. The second kappa shape index (κ2) is 7.12. The maximum atomic E-state index is 5.97. The van der Waals surface area contributed by atoms with Crippen molar-refractivity contribution in [2.45, 2.75) is 32.7 Å². The highest BCUT2D eigenvalue weighted by Gasteiger charge is 2.08. The summed E-state index contributed by atoms with van der Waals surface area (Å²) >= 11 is 11.9. The first-order valence-electron chi connectivity index (χ1n) is 6.83. The molecule has 3 nitrogen and oxygen atoms in total. The van der Waals surface area contributed by atoms with E-state index in [9.17, 15) is 0 Å². The minimum Gasteiger partial charge on any atom is -0.439 e. The van der Waals surface area contributed by atoms with Crippen molar-refractivity contribution in [3.8, 4) is 11.6 Å². The van der Waals surface area contributed by atoms with Crippen molar-refractivity contribution in [2.24, 2.45) is 5.73 Å². The van der Waals surface area contributed by atoms with Gasteiger partial charge in [0.2, 0.25) is 5.88 Å². The number of hydrogen-bond acceptors (Lipinski definition) is 3. The molecule has 5 heteroatoms. The molecule has 21 heavy (non-hydrogen) atoms. The predicted octanol–water partition coefficient (Wildman–Crippen LogP) is 4.77. The van der Waals surface area contributed by atoms with Crippen LogP contribution in [0.3, 0.4) is 0 Å². The molecular weight excluding hydrogens is 307 g/mol. The first kappa shape index (κ1) is 16.1. The Kier molecular flexibility index (Phi) is 5.45. The fourth-order valence-corrected chi connectivity index (χ4v) is 2.23. The average molecular weight is 325 g/mol. The molecule has 1 atom stereocenters. The predicted molar refractivity (Wildman–Crippen MR) is 87.5 cm³/mol. The van der Waals surface area contributed by atoms with Gasteiger partial charge in [0.05, 0.1) is 10.0 Å². The van der Waals surface area contributed by atoms with E-state index in [0.717, 1.165) is 24.0 Å². The fraction of sp³-hybridized carbons (Fsp3) is 0.312. The van der Waals surface area contributed by atoms with Crippen LogP contribution in [-0.4, -0.2) is 11.0 Å².